The zero-order valence-corrected chi connectivity index (χ0v) is 14.1. The Morgan fingerprint density at radius 1 is 0.826 bits per heavy atom. The molecule has 1 spiro atoms. The molecule has 0 fully saturated rings. The number of carboxylic acid groups (broad SMARTS) is 2. The van der Waals surface area contributed by atoms with E-state index in [1.54, 1.807) is 59.6 Å². The van der Waals surface area contributed by atoms with E-state index in [9.17, 15) is 9.59 Å². The first-order valence-electron chi connectivity index (χ1n) is 6.76. The van der Waals surface area contributed by atoms with E-state index >= 15 is 0 Å². The molecule has 0 bridgehead atoms. The summed E-state index contributed by atoms with van der Waals surface area (Å²) in [6.45, 7) is 0. The van der Waals surface area contributed by atoms with E-state index in [1.807, 2.05) is 12.1 Å². The Hall–Kier alpha value is -1.57. The number of benzene rings is 2. The summed E-state index contributed by atoms with van der Waals surface area (Å²) in [4.78, 5) is 25.3. The highest BCUT2D eigenvalue weighted by Gasteiger charge is 2.45. The van der Waals surface area contributed by atoms with Gasteiger partial charge in [-0.05, 0) is 35.9 Å². The molecule has 0 aliphatic carbocycles. The van der Waals surface area contributed by atoms with Crippen LogP contribution in [0.3, 0.4) is 0 Å². The molecule has 116 valence electrons. The van der Waals surface area contributed by atoms with Gasteiger partial charge in [0.1, 0.15) is 3.41 Å². The standard InChI is InChI=1S/C16H10O4S3/c17-14(18)8-1-2-10-7-16(22-12(10)5-8)21-11-4-3-9(15(19)20)6-13(11)23-16/h1-6H,7H2,(H,17,18)(H,19,20). The van der Waals surface area contributed by atoms with Gasteiger partial charge in [-0.1, -0.05) is 41.4 Å². The van der Waals surface area contributed by atoms with Gasteiger partial charge in [0.2, 0.25) is 0 Å². The highest BCUT2D eigenvalue weighted by atomic mass is 32.3. The second-order valence-electron chi connectivity index (χ2n) is 5.26. The third-order valence-electron chi connectivity index (χ3n) is 3.71. The first-order valence-corrected chi connectivity index (χ1v) is 9.21. The number of rotatable bonds is 2. The Kier molecular flexibility index (Phi) is 3.40. The lowest BCUT2D eigenvalue weighted by molar-refractivity contribution is 0.0685. The van der Waals surface area contributed by atoms with E-state index in [1.165, 1.54) is 0 Å². The zero-order chi connectivity index (χ0) is 16.2. The maximum Gasteiger partial charge on any atom is 0.335 e. The van der Waals surface area contributed by atoms with Crippen molar-refractivity contribution in [2.45, 2.75) is 24.5 Å². The van der Waals surface area contributed by atoms with Crippen LogP contribution >= 0.6 is 35.3 Å². The number of thioether (sulfide) groups is 3. The molecule has 2 heterocycles. The van der Waals surface area contributed by atoms with Crippen molar-refractivity contribution in [1.29, 1.82) is 0 Å². The highest BCUT2D eigenvalue weighted by Crippen LogP contribution is 2.67. The molecular weight excluding hydrogens is 352 g/mol. The van der Waals surface area contributed by atoms with Gasteiger partial charge < -0.3 is 10.2 Å². The number of hydrogen-bond acceptors (Lipinski definition) is 5. The maximum absolute atomic E-state index is 11.1. The fourth-order valence-electron chi connectivity index (χ4n) is 2.64. The Morgan fingerprint density at radius 2 is 1.39 bits per heavy atom. The Balaban J connectivity index is 1.65. The quantitative estimate of drug-likeness (QED) is 0.826. The predicted octanol–water partition coefficient (Wildman–Crippen LogP) is 4.28. The molecular formula is C16H10O4S3. The van der Waals surface area contributed by atoms with Crippen LogP contribution in [0.4, 0.5) is 0 Å². The summed E-state index contributed by atoms with van der Waals surface area (Å²) in [7, 11) is 0. The number of carbonyl (C=O) groups is 2. The molecule has 2 aliphatic rings. The van der Waals surface area contributed by atoms with Gasteiger partial charge >= 0.3 is 11.9 Å². The fourth-order valence-corrected chi connectivity index (χ4v) is 7.80. The second kappa shape index (κ2) is 5.22. The monoisotopic (exact) mass is 362 g/mol. The molecule has 0 aromatic heterocycles. The lowest BCUT2D eigenvalue weighted by Gasteiger charge is -2.18. The second-order valence-corrected chi connectivity index (χ2v) is 10.1. The molecule has 0 amide bonds. The van der Waals surface area contributed by atoms with Crippen molar-refractivity contribution in [1.82, 2.24) is 0 Å². The van der Waals surface area contributed by atoms with Crippen LogP contribution in [0.25, 0.3) is 0 Å². The summed E-state index contributed by atoms with van der Waals surface area (Å²) in [5, 5.41) is 18.2. The van der Waals surface area contributed by atoms with Crippen molar-refractivity contribution in [3.05, 3.63) is 53.1 Å². The molecule has 2 aromatic rings. The lowest BCUT2D eigenvalue weighted by Crippen LogP contribution is -2.08. The van der Waals surface area contributed by atoms with Gasteiger partial charge in [0.05, 0.1) is 11.1 Å². The summed E-state index contributed by atoms with van der Waals surface area (Å²) in [5.74, 6) is -1.84. The van der Waals surface area contributed by atoms with Gasteiger partial charge in [0.15, 0.2) is 0 Å². The average Bonchev–Trinajstić information content (AvgIpc) is 3.03. The van der Waals surface area contributed by atoms with Crippen LogP contribution in [-0.4, -0.2) is 25.6 Å². The Bertz CT molecular complexity index is 791. The van der Waals surface area contributed by atoms with Crippen LogP contribution in [0.5, 0.6) is 0 Å². The van der Waals surface area contributed by atoms with E-state index in [0.29, 0.717) is 11.1 Å². The maximum atomic E-state index is 11.1. The van der Waals surface area contributed by atoms with Crippen molar-refractivity contribution in [2.75, 3.05) is 0 Å². The number of fused-ring (bicyclic) bond motifs is 2. The number of hydrogen-bond donors (Lipinski definition) is 2. The third kappa shape index (κ3) is 2.52. The van der Waals surface area contributed by atoms with E-state index in [0.717, 1.165) is 26.7 Å². The first kappa shape index (κ1) is 15.0. The summed E-state index contributed by atoms with van der Waals surface area (Å²) < 4.78 is -0.168. The van der Waals surface area contributed by atoms with Crippen molar-refractivity contribution < 1.29 is 19.8 Å². The molecule has 1 atom stereocenters. The molecule has 0 radical (unpaired) electrons. The molecule has 2 N–H and O–H groups in total. The van der Waals surface area contributed by atoms with Crippen molar-refractivity contribution in [2.24, 2.45) is 0 Å². The molecule has 0 saturated carbocycles. The van der Waals surface area contributed by atoms with Crippen LogP contribution in [0, 0.1) is 0 Å². The van der Waals surface area contributed by atoms with Gasteiger partial charge in [0.25, 0.3) is 0 Å². The van der Waals surface area contributed by atoms with Crippen molar-refractivity contribution in [3.63, 3.8) is 0 Å². The molecule has 0 saturated heterocycles. The lowest BCUT2D eigenvalue weighted by atomic mass is 10.1. The molecule has 2 aromatic carbocycles. The highest BCUT2D eigenvalue weighted by molar-refractivity contribution is 8.35. The van der Waals surface area contributed by atoms with E-state index in [-0.39, 0.29) is 3.41 Å². The van der Waals surface area contributed by atoms with Crippen LogP contribution in [0.15, 0.2) is 51.1 Å². The van der Waals surface area contributed by atoms with Gasteiger partial charge in [-0.15, -0.1) is 0 Å². The molecule has 2 aliphatic heterocycles. The molecule has 23 heavy (non-hydrogen) atoms. The summed E-state index contributed by atoms with van der Waals surface area (Å²) in [5.41, 5.74) is 1.74. The average molecular weight is 362 g/mol. The van der Waals surface area contributed by atoms with Gasteiger partial charge in [-0.2, -0.15) is 0 Å². The Morgan fingerprint density at radius 3 is 2.09 bits per heavy atom. The van der Waals surface area contributed by atoms with Crippen molar-refractivity contribution in [3.8, 4) is 0 Å². The van der Waals surface area contributed by atoms with Crippen LogP contribution in [0.2, 0.25) is 0 Å². The minimum atomic E-state index is -0.923. The SMILES string of the molecule is O=C(O)c1ccc2c(c1)SC1(C2)Sc2ccc(C(=O)O)cc2S1. The molecule has 7 heteroatoms. The molecule has 4 nitrogen and oxygen atoms in total. The fraction of sp³-hybridized carbons (Fsp3) is 0.125. The predicted molar refractivity (Wildman–Crippen MR) is 90.8 cm³/mol. The normalized spacial score (nSPS) is 21.2. The summed E-state index contributed by atoms with van der Waals surface area (Å²) >= 11 is 5.05. The molecule has 1 unspecified atom stereocenters. The smallest absolute Gasteiger partial charge is 0.335 e. The Labute approximate surface area is 144 Å². The van der Waals surface area contributed by atoms with Crippen molar-refractivity contribution >= 4 is 47.2 Å². The van der Waals surface area contributed by atoms with Crippen LogP contribution < -0.4 is 0 Å². The minimum absolute atomic E-state index is 0.168. The summed E-state index contributed by atoms with van der Waals surface area (Å²) in [6.07, 6.45) is 0.819. The van der Waals surface area contributed by atoms with Crippen LogP contribution in [-0.2, 0) is 6.42 Å². The topological polar surface area (TPSA) is 74.6 Å². The number of aromatic carboxylic acids is 2. The summed E-state index contributed by atoms with van der Waals surface area (Å²) in [6, 6.07) is 10.5. The molecule has 4 rings (SSSR count). The first-order chi connectivity index (χ1) is 11.0. The zero-order valence-electron chi connectivity index (χ0n) is 11.6. The van der Waals surface area contributed by atoms with E-state index in [2.05, 4.69) is 0 Å². The largest absolute Gasteiger partial charge is 0.478 e. The van der Waals surface area contributed by atoms with Gasteiger partial charge in [0, 0.05) is 21.1 Å². The van der Waals surface area contributed by atoms with Crippen LogP contribution in [0.1, 0.15) is 26.3 Å². The van der Waals surface area contributed by atoms with E-state index in [4.69, 9.17) is 10.2 Å². The van der Waals surface area contributed by atoms with E-state index < -0.39 is 11.9 Å². The van der Waals surface area contributed by atoms with Gasteiger partial charge in [-0.25, -0.2) is 9.59 Å². The minimum Gasteiger partial charge on any atom is -0.478 e. The third-order valence-corrected chi connectivity index (χ3v) is 8.44. The van der Waals surface area contributed by atoms with Gasteiger partial charge in [-0.3, -0.25) is 0 Å². The number of carboxylic acids is 2.